The molecule has 1 aliphatic rings. The zero-order valence-corrected chi connectivity index (χ0v) is 13.0. The molecule has 5 nitrogen and oxygen atoms in total. The average Bonchev–Trinajstić information content (AvgIpc) is 3.05. The molecule has 0 fully saturated rings. The van der Waals surface area contributed by atoms with Crippen molar-refractivity contribution in [3.8, 4) is 23.2 Å². The van der Waals surface area contributed by atoms with E-state index < -0.39 is 5.92 Å². The molecule has 3 N–H and O–H groups in total. The van der Waals surface area contributed by atoms with Gasteiger partial charge in [-0.25, -0.2) is 4.39 Å². The number of rotatable bonds is 2. The maximum atomic E-state index is 13.3. The van der Waals surface area contributed by atoms with Crippen molar-refractivity contribution >= 4 is 0 Å². The average molecular weight is 332 g/mol. The first-order chi connectivity index (χ1) is 12.2. The van der Waals surface area contributed by atoms with E-state index in [0.717, 1.165) is 16.8 Å². The monoisotopic (exact) mass is 332 g/mol. The Bertz CT molecular complexity index is 1000. The fourth-order valence-electron chi connectivity index (χ4n) is 3.06. The standard InChI is InChI=1S/C19H13FN4O/c20-13-8-6-11(7-9-13)15-14(10-21)18(22)25-19-16(15)17(23-24-19)12-4-2-1-3-5-12/h1-9,15H,22H2,(H,23,24)/t15-/m0/s1. The van der Waals surface area contributed by atoms with Gasteiger partial charge in [0.25, 0.3) is 0 Å². The third-order valence-electron chi connectivity index (χ3n) is 4.20. The van der Waals surface area contributed by atoms with Crippen LogP contribution in [0, 0.1) is 17.1 Å². The second-order valence-corrected chi connectivity index (χ2v) is 5.66. The number of fused-ring (bicyclic) bond motifs is 1. The van der Waals surface area contributed by atoms with Crippen molar-refractivity contribution in [1.82, 2.24) is 10.2 Å². The molecule has 2 aromatic carbocycles. The quantitative estimate of drug-likeness (QED) is 0.752. The molecular formula is C19H13FN4O. The van der Waals surface area contributed by atoms with Gasteiger partial charge >= 0.3 is 0 Å². The molecular weight excluding hydrogens is 319 g/mol. The molecule has 1 atom stereocenters. The van der Waals surface area contributed by atoms with Gasteiger partial charge in [-0.05, 0) is 23.3 Å². The number of H-pyrrole nitrogens is 1. The summed E-state index contributed by atoms with van der Waals surface area (Å²) >= 11 is 0. The molecule has 3 aromatic rings. The zero-order chi connectivity index (χ0) is 17.4. The Morgan fingerprint density at radius 1 is 1.12 bits per heavy atom. The summed E-state index contributed by atoms with van der Waals surface area (Å²) in [6.07, 6.45) is 0. The summed E-state index contributed by atoms with van der Waals surface area (Å²) in [6, 6.07) is 17.7. The third-order valence-corrected chi connectivity index (χ3v) is 4.20. The number of nitrogens with zero attached hydrogens (tertiary/aromatic N) is 2. The predicted molar refractivity (Wildman–Crippen MR) is 89.7 cm³/mol. The van der Waals surface area contributed by atoms with Gasteiger partial charge in [0, 0.05) is 0 Å². The van der Waals surface area contributed by atoms with Crippen molar-refractivity contribution < 1.29 is 9.13 Å². The summed E-state index contributed by atoms with van der Waals surface area (Å²) in [6.45, 7) is 0. The van der Waals surface area contributed by atoms with E-state index >= 15 is 0 Å². The summed E-state index contributed by atoms with van der Waals surface area (Å²) in [7, 11) is 0. The number of ether oxygens (including phenoxy) is 1. The van der Waals surface area contributed by atoms with Crippen LogP contribution < -0.4 is 10.5 Å². The molecule has 0 amide bonds. The lowest BCUT2D eigenvalue weighted by molar-refractivity contribution is 0.379. The van der Waals surface area contributed by atoms with Crippen LogP contribution in [0.5, 0.6) is 5.88 Å². The molecule has 122 valence electrons. The van der Waals surface area contributed by atoms with E-state index in [4.69, 9.17) is 10.5 Å². The molecule has 0 bridgehead atoms. The number of aromatic nitrogens is 2. The van der Waals surface area contributed by atoms with Crippen molar-refractivity contribution in [3.05, 3.63) is 83.0 Å². The molecule has 0 unspecified atom stereocenters. The van der Waals surface area contributed by atoms with E-state index in [9.17, 15) is 9.65 Å². The second kappa shape index (κ2) is 5.80. The molecule has 4 rings (SSSR count). The van der Waals surface area contributed by atoms with Gasteiger partial charge in [0.2, 0.25) is 11.8 Å². The van der Waals surface area contributed by atoms with E-state index in [2.05, 4.69) is 16.3 Å². The minimum absolute atomic E-state index is 0.00966. The summed E-state index contributed by atoms with van der Waals surface area (Å²) < 4.78 is 18.9. The Hall–Kier alpha value is -3.59. The number of nitrogens with one attached hydrogen (secondary N) is 1. The fourth-order valence-corrected chi connectivity index (χ4v) is 3.06. The van der Waals surface area contributed by atoms with Crippen molar-refractivity contribution in [3.63, 3.8) is 0 Å². The molecule has 2 heterocycles. The van der Waals surface area contributed by atoms with E-state index in [-0.39, 0.29) is 17.3 Å². The lowest BCUT2D eigenvalue weighted by Crippen LogP contribution is -2.21. The van der Waals surface area contributed by atoms with Crippen LogP contribution in [-0.2, 0) is 0 Å². The molecule has 0 spiro atoms. The van der Waals surface area contributed by atoms with Crippen molar-refractivity contribution in [2.45, 2.75) is 5.92 Å². The van der Waals surface area contributed by atoms with Gasteiger partial charge in [0.15, 0.2) is 0 Å². The number of benzene rings is 2. The predicted octanol–water partition coefficient (Wildman–Crippen LogP) is 3.43. The van der Waals surface area contributed by atoms with Crippen molar-refractivity contribution in [2.75, 3.05) is 0 Å². The molecule has 0 radical (unpaired) electrons. The van der Waals surface area contributed by atoms with E-state index in [1.165, 1.54) is 12.1 Å². The SMILES string of the molecule is N#CC1=C(N)Oc2n[nH]c(-c3ccccc3)c2[C@H]1c1ccc(F)cc1. The molecule has 6 heteroatoms. The number of hydrogen-bond acceptors (Lipinski definition) is 4. The topological polar surface area (TPSA) is 87.7 Å². The Labute approximate surface area is 143 Å². The normalized spacial score (nSPS) is 16.1. The second-order valence-electron chi connectivity index (χ2n) is 5.66. The van der Waals surface area contributed by atoms with Crippen molar-refractivity contribution in [2.24, 2.45) is 5.73 Å². The summed E-state index contributed by atoms with van der Waals surface area (Å²) in [5, 5.41) is 16.8. The molecule has 1 aromatic heterocycles. The van der Waals surface area contributed by atoms with E-state index in [1.807, 2.05) is 30.3 Å². The van der Waals surface area contributed by atoms with E-state index in [1.54, 1.807) is 12.1 Å². The van der Waals surface area contributed by atoms with Crippen LogP contribution in [-0.4, -0.2) is 10.2 Å². The van der Waals surface area contributed by atoms with Gasteiger partial charge in [-0.2, -0.15) is 5.26 Å². The molecule has 0 saturated carbocycles. The van der Waals surface area contributed by atoms with Crippen LogP contribution >= 0.6 is 0 Å². The Morgan fingerprint density at radius 3 is 2.52 bits per heavy atom. The van der Waals surface area contributed by atoms with Gasteiger partial charge in [0.05, 0.1) is 17.2 Å². The van der Waals surface area contributed by atoms with Gasteiger partial charge in [-0.3, -0.25) is 5.10 Å². The number of nitriles is 1. The van der Waals surface area contributed by atoms with Gasteiger partial charge in [-0.15, -0.1) is 5.10 Å². The smallest absolute Gasteiger partial charge is 0.244 e. The lowest BCUT2D eigenvalue weighted by atomic mass is 9.83. The van der Waals surface area contributed by atoms with Crippen LogP contribution in [0.2, 0.25) is 0 Å². The minimum Gasteiger partial charge on any atom is -0.420 e. The van der Waals surface area contributed by atoms with Gasteiger partial charge < -0.3 is 10.5 Å². The highest BCUT2D eigenvalue weighted by Gasteiger charge is 2.35. The number of aromatic amines is 1. The summed E-state index contributed by atoms with van der Waals surface area (Å²) in [5.41, 5.74) is 9.29. The van der Waals surface area contributed by atoms with E-state index in [0.29, 0.717) is 11.4 Å². The molecule has 25 heavy (non-hydrogen) atoms. The molecule has 1 aliphatic heterocycles. The summed E-state index contributed by atoms with van der Waals surface area (Å²) in [4.78, 5) is 0. The number of halogens is 1. The number of allylic oxidation sites excluding steroid dienone is 1. The summed E-state index contributed by atoms with van der Waals surface area (Å²) in [5.74, 6) is -0.495. The zero-order valence-electron chi connectivity index (χ0n) is 13.0. The maximum Gasteiger partial charge on any atom is 0.244 e. The highest BCUT2D eigenvalue weighted by Crippen LogP contribution is 2.45. The number of hydrogen-bond donors (Lipinski definition) is 2. The van der Waals surface area contributed by atoms with Crippen LogP contribution in [0.1, 0.15) is 17.0 Å². The maximum absolute atomic E-state index is 13.3. The first-order valence-electron chi connectivity index (χ1n) is 7.65. The Balaban J connectivity index is 1.95. The van der Waals surface area contributed by atoms with Crippen LogP contribution in [0.4, 0.5) is 4.39 Å². The highest BCUT2D eigenvalue weighted by molar-refractivity contribution is 5.70. The van der Waals surface area contributed by atoms with Gasteiger partial charge in [-0.1, -0.05) is 42.5 Å². The minimum atomic E-state index is -0.483. The third kappa shape index (κ3) is 2.42. The van der Waals surface area contributed by atoms with Crippen LogP contribution in [0.15, 0.2) is 66.1 Å². The molecule has 0 saturated heterocycles. The van der Waals surface area contributed by atoms with Crippen LogP contribution in [0.3, 0.4) is 0 Å². The van der Waals surface area contributed by atoms with Gasteiger partial charge in [0.1, 0.15) is 17.5 Å². The lowest BCUT2D eigenvalue weighted by Gasteiger charge is -2.24. The largest absolute Gasteiger partial charge is 0.420 e. The Kier molecular flexibility index (Phi) is 3.47. The number of nitrogens with two attached hydrogens (primary N) is 1. The first-order valence-corrected chi connectivity index (χ1v) is 7.65. The first kappa shape index (κ1) is 15.0. The molecule has 0 aliphatic carbocycles. The highest BCUT2D eigenvalue weighted by atomic mass is 19.1. The van der Waals surface area contributed by atoms with Crippen molar-refractivity contribution in [1.29, 1.82) is 5.26 Å². The fraction of sp³-hybridized carbons (Fsp3) is 0.0526. The van der Waals surface area contributed by atoms with Crippen LogP contribution in [0.25, 0.3) is 11.3 Å². The Morgan fingerprint density at radius 2 is 1.84 bits per heavy atom.